The van der Waals surface area contributed by atoms with Gasteiger partial charge >= 0.3 is 0 Å². The summed E-state index contributed by atoms with van der Waals surface area (Å²) < 4.78 is 11.2. The summed E-state index contributed by atoms with van der Waals surface area (Å²) in [7, 11) is 0. The average Bonchev–Trinajstić information content (AvgIpc) is 3.03. The Morgan fingerprint density at radius 3 is 2.78 bits per heavy atom. The van der Waals surface area contributed by atoms with Gasteiger partial charge in [0.05, 0.1) is 4.88 Å². The molecule has 0 bridgehead atoms. The Balaban J connectivity index is 1.47. The molecule has 0 radical (unpaired) electrons. The molecule has 0 spiro atoms. The first kappa shape index (κ1) is 14.5. The van der Waals surface area contributed by atoms with E-state index >= 15 is 0 Å². The number of amides is 1. The van der Waals surface area contributed by atoms with Crippen LogP contribution in [0.5, 0.6) is 11.5 Å². The molecule has 1 aromatic carbocycles. The highest BCUT2D eigenvalue weighted by molar-refractivity contribution is 7.17. The molecule has 6 heteroatoms. The Bertz CT molecular complexity index is 724. The zero-order valence-corrected chi connectivity index (χ0v) is 13.4. The van der Waals surface area contributed by atoms with Gasteiger partial charge in [-0.2, -0.15) is 0 Å². The quantitative estimate of drug-likeness (QED) is 0.902. The topological polar surface area (TPSA) is 59.6 Å². The lowest BCUT2D eigenvalue weighted by atomic mass is 10.0. The lowest BCUT2D eigenvalue weighted by molar-refractivity contribution is 0.0946. The number of carbonyl (C=O) groups is 1. The van der Waals surface area contributed by atoms with Gasteiger partial charge in [-0.15, -0.1) is 11.3 Å². The lowest BCUT2D eigenvalue weighted by Crippen LogP contribution is -2.48. The number of hydrogen-bond acceptors (Lipinski definition) is 5. The maximum Gasteiger partial charge on any atom is 0.261 e. The molecular weight excluding hydrogens is 312 g/mol. The number of nitrogens with one attached hydrogen (secondary N) is 2. The maximum absolute atomic E-state index is 12.2. The van der Waals surface area contributed by atoms with Crippen molar-refractivity contribution in [2.75, 3.05) is 32.8 Å². The molecule has 0 aliphatic carbocycles. The van der Waals surface area contributed by atoms with Gasteiger partial charge in [0.1, 0.15) is 13.2 Å². The molecule has 2 N–H and O–H groups in total. The van der Waals surface area contributed by atoms with Crippen molar-refractivity contribution in [3.05, 3.63) is 35.2 Å². The molecule has 1 fully saturated rings. The summed E-state index contributed by atoms with van der Waals surface area (Å²) in [6.45, 7) is 3.89. The van der Waals surface area contributed by atoms with Crippen molar-refractivity contribution in [3.8, 4) is 21.9 Å². The molecule has 2 aliphatic heterocycles. The van der Waals surface area contributed by atoms with E-state index in [-0.39, 0.29) is 5.91 Å². The zero-order chi connectivity index (χ0) is 15.6. The smallest absolute Gasteiger partial charge is 0.261 e. The minimum absolute atomic E-state index is 0.00527. The Kier molecular flexibility index (Phi) is 3.93. The maximum atomic E-state index is 12.2. The van der Waals surface area contributed by atoms with E-state index < -0.39 is 0 Å². The van der Waals surface area contributed by atoms with Crippen molar-refractivity contribution in [1.29, 1.82) is 0 Å². The van der Waals surface area contributed by atoms with Crippen LogP contribution in [0.4, 0.5) is 0 Å². The minimum atomic E-state index is 0.00527. The fourth-order valence-electron chi connectivity index (χ4n) is 2.63. The molecule has 1 aromatic heterocycles. The molecule has 2 aromatic rings. The van der Waals surface area contributed by atoms with Gasteiger partial charge in [0.25, 0.3) is 5.91 Å². The van der Waals surface area contributed by atoms with E-state index in [4.69, 9.17) is 9.47 Å². The summed E-state index contributed by atoms with van der Waals surface area (Å²) >= 11 is 1.50. The normalized spacial score (nSPS) is 16.7. The number of rotatable bonds is 4. The molecule has 3 heterocycles. The van der Waals surface area contributed by atoms with Crippen molar-refractivity contribution in [1.82, 2.24) is 10.6 Å². The highest BCUT2D eigenvalue weighted by atomic mass is 32.1. The molecule has 120 valence electrons. The van der Waals surface area contributed by atoms with Crippen LogP contribution in [0.15, 0.2) is 30.3 Å². The van der Waals surface area contributed by atoms with Crippen molar-refractivity contribution in [2.45, 2.75) is 0 Å². The van der Waals surface area contributed by atoms with E-state index in [1.807, 2.05) is 30.3 Å². The molecule has 1 saturated heterocycles. The van der Waals surface area contributed by atoms with Gasteiger partial charge in [0.15, 0.2) is 11.5 Å². The van der Waals surface area contributed by atoms with Crippen LogP contribution in [0.3, 0.4) is 0 Å². The van der Waals surface area contributed by atoms with Gasteiger partial charge in [-0.3, -0.25) is 4.79 Å². The molecular formula is C17H18N2O3S. The summed E-state index contributed by atoms with van der Waals surface area (Å²) in [5, 5.41) is 6.21. The predicted molar refractivity (Wildman–Crippen MR) is 89.4 cm³/mol. The number of hydrogen-bond donors (Lipinski definition) is 2. The number of thiophene rings is 1. The van der Waals surface area contributed by atoms with E-state index in [1.165, 1.54) is 11.3 Å². The van der Waals surface area contributed by atoms with Crippen molar-refractivity contribution in [3.63, 3.8) is 0 Å². The van der Waals surface area contributed by atoms with Gasteiger partial charge in [-0.1, -0.05) is 0 Å². The average molecular weight is 330 g/mol. The van der Waals surface area contributed by atoms with Gasteiger partial charge in [0, 0.05) is 30.4 Å². The van der Waals surface area contributed by atoms with Gasteiger partial charge in [-0.05, 0) is 35.9 Å². The molecule has 4 rings (SSSR count). The molecule has 2 aliphatic rings. The predicted octanol–water partition coefficient (Wildman–Crippen LogP) is 2.14. The first-order valence-corrected chi connectivity index (χ1v) is 8.60. The molecule has 23 heavy (non-hydrogen) atoms. The summed E-state index contributed by atoms with van der Waals surface area (Å²) in [5.41, 5.74) is 1.04. The number of benzene rings is 1. The van der Waals surface area contributed by atoms with E-state index in [0.29, 0.717) is 19.1 Å². The minimum Gasteiger partial charge on any atom is -0.486 e. The summed E-state index contributed by atoms with van der Waals surface area (Å²) in [6, 6.07) is 9.76. The van der Waals surface area contributed by atoms with Crippen LogP contribution in [-0.2, 0) is 0 Å². The standard InChI is InChI=1S/C17H18N2O3S/c20-17(19-10-11-8-18-9-11)16-4-3-15(23-16)12-1-2-13-14(7-12)22-6-5-21-13/h1-4,7,11,18H,5-6,8-10H2,(H,19,20). The van der Waals surface area contributed by atoms with Crippen LogP contribution in [0.2, 0.25) is 0 Å². The number of carbonyl (C=O) groups excluding carboxylic acids is 1. The van der Waals surface area contributed by atoms with Crippen LogP contribution in [0.25, 0.3) is 10.4 Å². The third-order valence-corrected chi connectivity index (χ3v) is 5.21. The van der Waals surface area contributed by atoms with E-state index in [2.05, 4.69) is 10.6 Å². The Morgan fingerprint density at radius 1 is 1.17 bits per heavy atom. The van der Waals surface area contributed by atoms with Crippen molar-refractivity contribution >= 4 is 17.2 Å². The highest BCUT2D eigenvalue weighted by Gasteiger charge is 2.19. The van der Waals surface area contributed by atoms with Gasteiger partial charge < -0.3 is 20.1 Å². The summed E-state index contributed by atoms with van der Waals surface area (Å²) in [4.78, 5) is 14.0. The Morgan fingerprint density at radius 2 is 2.00 bits per heavy atom. The largest absolute Gasteiger partial charge is 0.486 e. The second kappa shape index (κ2) is 6.22. The van der Waals surface area contributed by atoms with Crippen molar-refractivity contribution in [2.24, 2.45) is 5.92 Å². The fourth-order valence-corrected chi connectivity index (χ4v) is 3.55. The Labute approximate surface area is 138 Å². The van der Waals surface area contributed by atoms with Crippen molar-refractivity contribution < 1.29 is 14.3 Å². The molecule has 0 atom stereocenters. The first-order chi connectivity index (χ1) is 11.3. The molecule has 0 saturated carbocycles. The summed E-state index contributed by atoms with van der Waals surface area (Å²) in [5.74, 6) is 2.12. The van der Waals surface area contributed by atoms with Crippen LogP contribution in [0, 0.1) is 5.92 Å². The fraction of sp³-hybridized carbons (Fsp3) is 0.353. The van der Waals surface area contributed by atoms with Crippen LogP contribution >= 0.6 is 11.3 Å². The third kappa shape index (κ3) is 3.04. The molecule has 5 nitrogen and oxygen atoms in total. The van der Waals surface area contributed by atoms with E-state index in [1.54, 1.807) is 0 Å². The highest BCUT2D eigenvalue weighted by Crippen LogP contribution is 2.36. The van der Waals surface area contributed by atoms with Crippen LogP contribution in [-0.4, -0.2) is 38.8 Å². The van der Waals surface area contributed by atoms with Crippen LogP contribution < -0.4 is 20.1 Å². The van der Waals surface area contributed by atoms with E-state index in [0.717, 1.165) is 46.5 Å². The summed E-state index contributed by atoms with van der Waals surface area (Å²) in [6.07, 6.45) is 0. The lowest BCUT2D eigenvalue weighted by Gasteiger charge is -2.26. The molecule has 0 unspecified atom stereocenters. The van der Waals surface area contributed by atoms with Gasteiger partial charge in [0.2, 0.25) is 0 Å². The van der Waals surface area contributed by atoms with Crippen LogP contribution in [0.1, 0.15) is 9.67 Å². The second-order valence-electron chi connectivity index (χ2n) is 5.76. The first-order valence-electron chi connectivity index (χ1n) is 7.78. The number of ether oxygens (including phenoxy) is 2. The second-order valence-corrected chi connectivity index (χ2v) is 6.84. The van der Waals surface area contributed by atoms with Gasteiger partial charge in [-0.25, -0.2) is 0 Å². The number of fused-ring (bicyclic) bond motifs is 1. The third-order valence-electron chi connectivity index (χ3n) is 4.07. The zero-order valence-electron chi connectivity index (χ0n) is 12.6. The SMILES string of the molecule is O=C(NCC1CNC1)c1ccc(-c2ccc3c(c2)OCCO3)s1. The van der Waals surface area contributed by atoms with E-state index in [9.17, 15) is 4.79 Å². The monoisotopic (exact) mass is 330 g/mol. The molecule has 1 amide bonds. The Hall–Kier alpha value is -2.05.